The van der Waals surface area contributed by atoms with Gasteiger partial charge in [0.25, 0.3) is 0 Å². The zero-order valence-corrected chi connectivity index (χ0v) is 12.4. The number of likely N-dealkylation sites (N-methyl/N-ethyl adjacent to an activating group) is 1. The van der Waals surface area contributed by atoms with Crippen LogP contribution >= 0.6 is 0 Å². The Morgan fingerprint density at radius 3 is 2.80 bits per heavy atom. The molecule has 0 spiro atoms. The maximum absolute atomic E-state index is 11.3. The lowest BCUT2D eigenvalue weighted by molar-refractivity contribution is -0.121. The molecule has 3 rings (SSSR count). The Morgan fingerprint density at radius 1 is 1.30 bits per heavy atom. The SMILES string of the molecule is Cc1ccc2c(c1)CC(CN(C)C1CCC(=O)CC1)O2. The molecule has 108 valence electrons. The fraction of sp³-hybridized carbons (Fsp3) is 0.588. The van der Waals surface area contributed by atoms with Crippen molar-refractivity contribution in [3.05, 3.63) is 29.3 Å². The van der Waals surface area contributed by atoms with Crippen molar-refractivity contribution in [2.75, 3.05) is 13.6 Å². The fourth-order valence-corrected chi connectivity index (χ4v) is 3.39. The van der Waals surface area contributed by atoms with E-state index in [-0.39, 0.29) is 6.10 Å². The molecule has 1 aromatic rings. The molecule has 1 fully saturated rings. The van der Waals surface area contributed by atoms with Gasteiger partial charge in [-0.05, 0) is 38.4 Å². The quantitative estimate of drug-likeness (QED) is 0.848. The molecule has 1 heterocycles. The Morgan fingerprint density at radius 2 is 2.05 bits per heavy atom. The molecular formula is C17H23NO2. The molecule has 1 atom stereocenters. The van der Waals surface area contributed by atoms with Crippen LogP contribution in [0.1, 0.15) is 36.8 Å². The van der Waals surface area contributed by atoms with Gasteiger partial charge in [0.05, 0.1) is 0 Å². The number of rotatable bonds is 3. The summed E-state index contributed by atoms with van der Waals surface area (Å²) in [4.78, 5) is 13.7. The molecule has 2 aliphatic rings. The van der Waals surface area contributed by atoms with Crippen molar-refractivity contribution >= 4 is 5.78 Å². The average Bonchev–Trinajstić information content (AvgIpc) is 2.80. The number of ketones is 1. The van der Waals surface area contributed by atoms with E-state index in [1.807, 2.05) is 0 Å². The lowest BCUT2D eigenvalue weighted by atomic mass is 9.93. The Kier molecular flexibility index (Phi) is 3.79. The summed E-state index contributed by atoms with van der Waals surface area (Å²) in [6.07, 6.45) is 4.78. The third kappa shape index (κ3) is 2.88. The van der Waals surface area contributed by atoms with Crippen LogP contribution in [0.15, 0.2) is 18.2 Å². The average molecular weight is 273 g/mol. The van der Waals surface area contributed by atoms with E-state index in [9.17, 15) is 4.79 Å². The summed E-state index contributed by atoms with van der Waals surface area (Å²) in [6.45, 7) is 3.07. The topological polar surface area (TPSA) is 29.5 Å². The Bertz CT molecular complexity index is 502. The third-order valence-electron chi connectivity index (χ3n) is 4.58. The summed E-state index contributed by atoms with van der Waals surface area (Å²) in [7, 11) is 2.16. The van der Waals surface area contributed by atoms with Gasteiger partial charge >= 0.3 is 0 Å². The lowest BCUT2D eigenvalue weighted by Gasteiger charge is -2.32. The van der Waals surface area contributed by atoms with E-state index in [4.69, 9.17) is 4.74 Å². The van der Waals surface area contributed by atoms with Crippen molar-refractivity contribution in [2.45, 2.75) is 51.2 Å². The van der Waals surface area contributed by atoms with Crippen LogP contribution in [0, 0.1) is 6.92 Å². The number of fused-ring (bicyclic) bond motifs is 1. The third-order valence-corrected chi connectivity index (χ3v) is 4.58. The molecule has 3 heteroatoms. The number of hydrogen-bond acceptors (Lipinski definition) is 3. The van der Waals surface area contributed by atoms with Crippen LogP contribution in [0.3, 0.4) is 0 Å². The number of Topliss-reactive ketones (excluding diaryl/α,β-unsaturated/α-hetero) is 1. The minimum atomic E-state index is 0.259. The van der Waals surface area contributed by atoms with E-state index in [0.717, 1.165) is 44.4 Å². The maximum Gasteiger partial charge on any atom is 0.133 e. The van der Waals surface area contributed by atoms with E-state index in [2.05, 4.69) is 37.1 Å². The number of hydrogen-bond donors (Lipinski definition) is 0. The first-order valence-corrected chi connectivity index (χ1v) is 7.60. The zero-order valence-electron chi connectivity index (χ0n) is 12.4. The van der Waals surface area contributed by atoms with Crippen LogP contribution in [0.4, 0.5) is 0 Å². The van der Waals surface area contributed by atoms with Crippen molar-refractivity contribution in [1.29, 1.82) is 0 Å². The van der Waals surface area contributed by atoms with Gasteiger partial charge in [-0.1, -0.05) is 17.7 Å². The van der Waals surface area contributed by atoms with Gasteiger partial charge in [-0.15, -0.1) is 0 Å². The molecule has 1 aromatic carbocycles. The monoisotopic (exact) mass is 273 g/mol. The molecule has 1 aliphatic heterocycles. The summed E-state index contributed by atoms with van der Waals surface area (Å²) in [5.41, 5.74) is 2.63. The molecule has 1 unspecified atom stereocenters. The molecule has 1 saturated carbocycles. The van der Waals surface area contributed by atoms with Gasteiger partial charge in [0.1, 0.15) is 17.6 Å². The molecule has 0 amide bonds. The normalized spacial score (nSPS) is 22.9. The summed E-state index contributed by atoms with van der Waals surface area (Å²) < 4.78 is 6.04. The first kappa shape index (κ1) is 13.6. The standard InChI is InChI=1S/C17H23NO2/c1-12-3-8-17-13(9-12)10-16(20-17)11-18(2)14-4-6-15(19)7-5-14/h3,8-9,14,16H,4-7,10-11H2,1-2H3. The second-order valence-corrected chi connectivity index (χ2v) is 6.26. The van der Waals surface area contributed by atoms with Gasteiger partial charge in [-0.3, -0.25) is 9.69 Å². The number of ether oxygens (including phenoxy) is 1. The Labute approximate surface area is 120 Å². The molecule has 0 saturated heterocycles. The largest absolute Gasteiger partial charge is 0.488 e. The van der Waals surface area contributed by atoms with Crippen molar-refractivity contribution in [3.63, 3.8) is 0 Å². The van der Waals surface area contributed by atoms with Crippen LogP contribution < -0.4 is 4.74 Å². The van der Waals surface area contributed by atoms with Gasteiger partial charge in [0, 0.05) is 31.8 Å². The van der Waals surface area contributed by atoms with Crippen molar-refractivity contribution in [1.82, 2.24) is 4.90 Å². The molecule has 3 nitrogen and oxygen atoms in total. The van der Waals surface area contributed by atoms with Crippen molar-refractivity contribution in [2.24, 2.45) is 0 Å². The Hall–Kier alpha value is -1.35. The van der Waals surface area contributed by atoms with E-state index < -0.39 is 0 Å². The smallest absolute Gasteiger partial charge is 0.133 e. The maximum atomic E-state index is 11.3. The van der Waals surface area contributed by atoms with E-state index >= 15 is 0 Å². The number of nitrogens with zero attached hydrogens (tertiary/aromatic N) is 1. The molecule has 0 bridgehead atoms. The summed E-state index contributed by atoms with van der Waals surface area (Å²) in [6, 6.07) is 6.97. The summed E-state index contributed by atoms with van der Waals surface area (Å²) in [5, 5.41) is 0. The second-order valence-electron chi connectivity index (χ2n) is 6.26. The molecule has 0 radical (unpaired) electrons. The highest BCUT2D eigenvalue weighted by Gasteiger charge is 2.28. The number of carbonyl (C=O) groups is 1. The van der Waals surface area contributed by atoms with E-state index in [1.54, 1.807) is 0 Å². The van der Waals surface area contributed by atoms with Crippen molar-refractivity contribution in [3.8, 4) is 5.75 Å². The van der Waals surface area contributed by atoms with Crippen LogP contribution in [0.25, 0.3) is 0 Å². The Balaban J connectivity index is 1.56. The summed E-state index contributed by atoms with van der Waals surface area (Å²) in [5.74, 6) is 1.47. The first-order chi connectivity index (χ1) is 9.61. The van der Waals surface area contributed by atoms with E-state index in [0.29, 0.717) is 11.8 Å². The van der Waals surface area contributed by atoms with Crippen LogP contribution in [0.5, 0.6) is 5.75 Å². The van der Waals surface area contributed by atoms with Gasteiger partial charge in [-0.2, -0.15) is 0 Å². The highest BCUT2D eigenvalue weighted by atomic mass is 16.5. The van der Waals surface area contributed by atoms with E-state index in [1.165, 1.54) is 11.1 Å². The van der Waals surface area contributed by atoms with Crippen LogP contribution in [-0.4, -0.2) is 36.4 Å². The second kappa shape index (κ2) is 5.57. The van der Waals surface area contributed by atoms with Crippen LogP contribution in [0.2, 0.25) is 0 Å². The minimum Gasteiger partial charge on any atom is -0.488 e. The predicted octanol–water partition coefficient (Wildman–Crippen LogP) is 2.74. The highest BCUT2D eigenvalue weighted by molar-refractivity contribution is 5.79. The zero-order chi connectivity index (χ0) is 14.1. The van der Waals surface area contributed by atoms with Gasteiger partial charge in [0.15, 0.2) is 0 Å². The number of aryl methyl sites for hydroxylation is 1. The highest BCUT2D eigenvalue weighted by Crippen LogP contribution is 2.30. The first-order valence-electron chi connectivity index (χ1n) is 7.60. The molecule has 0 aromatic heterocycles. The molecule has 1 aliphatic carbocycles. The van der Waals surface area contributed by atoms with Gasteiger partial charge in [0.2, 0.25) is 0 Å². The lowest BCUT2D eigenvalue weighted by Crippen LogP contribution is -2.41. The number of benzene rings is 1. The molecule has 0 N–H and O–H groups in total. The van der Waals surface area contributed by atoms with Crippen LogP contribution in [-0.2, 0) is 11.2 Å². The van der Waals surface area contributed by atoms with Crippen molar-refractivity contribution < 1.29 is 9.53 Å². The summed E-state index contributed by atoms with van der Waals surface area (Å²) >= 11 is 0. The van der Waals surface area contributed by atoms with Gasteiger partial charge < -0.3 is 4.74 Å². The fourth-order valence-electron chi connectivity index (χ4n) is 3.39. The minimum absolute atomic E-state index is 0.259. The molecule has 20 heavy (non-hydrogen) atoms. The predicted molar refractivity (Wildman–Crippen MR) is 79.2 cm³/mol. The number of carbonyl (C=O) groups excluding carboxylic acids is 1. The van der Waals surface area contributed by atoms with Gasteiger partial charge in [-0.25, -0.2) is 0 Å². The molecular weight excluding hydrogens is 250 g/mol.